The molecule has 8 heteroatoms. The summed E-state index contributed by atoms with van der Waals surface area (Å²) in [6.07, 6.45) is 0.291. The predicted octanol–water partition coefficient (Wildman–Crippen LogP) is 0.601. The number of likely N-dealkylation sites (N-methyl/N-ethyl adjacent to an activating group) is 1. The second-order valence-electron chi connectivity index (χ2n) is 4.58. The highest BCUT2D eigenvalue weighted by atomic mass is 28.4. The van der Waals surface area contributed by atoms with E-state index in [-0.39, 0.29) is 0 Å². The molecule has 0 fully saturated rings. The first-order chi connectivity index (χ1) is 8.75. The van der Waals surface area contributed by atoms with Crippen LogP contribution in [-0.4, -0.2) is 69.5 Å². The first-order valence-corrected chi connectivity index (χ1v) is 8.53. The molecule has 0 aliphatic rings. The molecule has 0 bridgehead atoms. The normalized spacial score (nSPS) is 13.5. The molecule has 2 N–H and O–H groups in total. The van der Waals surface area contributed by atoms with Crippen molar-refractivity contribution in [1.82, 2.24) is 4.90 Å². The van der Waals surface area contributed by atoms with Gasteiger partial charge < -0.3 is 19.1 Å². The molecule has 112 valence electrons. The van der Waals surface area contributed by atoms with Crippen molar-refractivity contribution in [3.8, 4) is 0 Å². The highest BCUT2D eigenvalue weighted by Crippen LogP contribution is 2.15. The van der Waals surface area contributed by atoms with Crippen LogP contribution < -0.4 is 0 Å². The molecule has 0 aliphatic heterocycles. The van der Waals surface area contributed by atoms with E-state index in [9.17, 15) is 9.59 Å². The average molecular weight is 293 g/mol. The summed E-state index contributed by atoms with van der Waals surface area (Å²) in [6, 6.07) is -0.278. The van der Waals surface area contributed by atoms with Gasteiger partial charge in [0.15, 0.2) is 0 Å². The van der Waals surface area contributed by atoms with E-state index in [1.165, 1.54) is 4.90 Å². The minimum atomic E-state index is -2.15. The van der Waals surface area contributed by atoms with E-state index >= 15 is 0 Å². The zero-order valence-electron chi connectivity index (χ0n) is 11.9. The molecule has 0 aromatic carbocycles. The minimum Gasteiger partial charge on any atom is -0.481 e. The second-order valence-corrected chi connectivity index (χ2v) is 8.16. The van der Waals surface area contributed by atoms with Gasteiger partial charge in [0, 0.05) is 14.2 Å². The largest absolute Gasteiger partial charge is 0.481 e. The first kappa shape index (κ1) is 18.0. The number of carbonyl (C=O) groups is 2. The molecular formula is C11H23NO6Si. The van der Waals surface area contributed by atoms with Gasteiger partial charge in [-0.05, 0) is 32.6 Å². The predicted molar refractivity (Wildman–Crippen MR) is 71.4 cm³/mol. The minimum absolute atomic E-state index is 0.408. The molecule has 1 atom stereocenters. The maximum atomic E-state index is 11.0. The van der Waals surface area contributed by atoms with E-state index in [1.807, 2.05) is 6.55 Å². The first-order valence-electron chi connectivity index (χ1n) is 6.01. The molecule has 0 aliphatic carbocycles. The third-order valence-corrected chi connectivity index (χ3v) is 6.18. The lowest BCUT2D eigenvalue weighted by atomic mass is 10.2. The van der Waals surface area contributed by atoms with Crippen LogP contribution in [0.25, 0.3) is 0 Å². The summed E-state index contributed by atoms with van der Waals surface area (Å²) >= 11 is 0. The maximum Gasteiger partial charge on any atom is 0.334 e. The molecule has 19 heavy (non-hydrogen) atoms. The summed E-state index contributed by atoms with van der Waals surface area (Å²) in [5, 5.41) is 17.7. The number of rotatable bonds is 10. The van der Waals surface area contributed by atoms with Crippen molar-refractivity contribution in [2.45, 2.75) is 31.5 Å². The van der Waals surface area contributed by atoms with Crippen molar-refractivity contribution in [2.75, 3.05) is 27.8 Å². The van der Waals surface area contributed by atoms with Crippen molar-refractivity contribution in [3.63, 3.8) is 0 Å². The lowest BCUT2D eigenvalue weighted by Crippen LogP contribution is -2.42. The van der Waals surface area contributed by atoms with Gasteiger partial charge >= 0.3 is 20.5 Å². The zero-order chi connectivity index (χ0) is 15.1. The highest BCUT2D eigenvalue weighted by molar-refractivity contribution is 6.65. The average Bonchev–Trinajstić information content (AvgIpc) is 2.34. The summed E-state index contributed by atoms with van der Waals surface area (Å²) < 4.78 is 10.7. The molecule has 0 rings (SSSR count). The Morgan fingerprint density at radius 3 is 2.16 bits per heavy atom. The zero-order valence-corrected chi connectivity index (χ0v) is 12.9. The van der Waals surface area contributed by atoms with E-state index in [0.717, 1.165) is 6.04 Å². The Labute approximate surface area is 114 Å². The summed E-state index contributed by atoms with van der Waals surface area (Å²) in [7, 11) is 2.66. The molecule has 7 nitrogen and oxygen atoms in total. The van der Waals surface area contributed by atoms with Crippen molar-refractivity contribution in [3.05, 3.63) is 0 Å². The van der Waals surface area contributed by atoms with Crippen molar-refractivity contribution < 1.29 is 28.7 Å². The van der Waals surface area contributed by atoms with Crippen LogP contribution in [0.15, 0.2) is 0 Å². The Balaban J connectivity index is 4.30. The molecule has 0 saturated heterocycles. The van der Waals surface area contributed by atoms with Gasteiger partial charge in [-0.3, -0.25) is 14.5 Å². The SMILES string of the molecule is CO[Si](C)(CCCN(C)[C@@H](CC(=O)O)C(=O)O)OC. The number of hydrogen-bond acceptors (Lipinski definition) is 5. The molecule has 0 spiro atoms. The third kappa shape index (κ3) is 6.67. The van der Waals surface area contributed by atoms with Gasteiger partial charge in [0.25, 0.3) is 0 Å². The van der Waals surface area contributed by atoms with Crippen molar-refractivity contribution in [1.29, 1.82) is 0 Å². The van der Waals surface area contributed by atoms with E-state index in [0.29, 0.717) is 13.0 Å². The van der Waals surface area contributed by atoms with Gasteiger partial charge in [0.05, 0.1) is 6.42 Å². The van der Waals surface area contributed by atoms with Crippen LogP contribution >= 0.6 is 0 Å². The number of carboxylic acid groups (broad SMARTS) is 2. The van der Waals surface area contributed by atoms with Crippen molar-refractivity contribution >= 4 is 20.5 Å². The monoisotopic (exact) mass is 293 g/mol. The molecule has 0 radical (unpaired) electrons. The van der Waals surface area contributed by atoms with Crippen molar-refractivity contribution in [2.24, 2.45) is 0 Å². The van der Waals surface area contributed by atoms with E-state index in [1.54, 1.807) is 21.3 Å². The van der Waals surface area contributed by atoms with Gasteiger partial charge in [-0.25, -0.2) is 0 Å². The Kier molecular flexibility index (Phi) is 7.84. The summed E-state index contributed by atoms with van der Waals surface area (Å²) in [4.78, 5) is 23.2. The summed E-state index contributed by atoms with van der Waals surface area (Å²) in [6.45, 7) is 2.42. The molecule has 0 saturated carbocycles. The van der Waals surface area contributed by atoms with E-state index in [2.05, 4.69) is 0 Å². The topological polar surface area (TPSA) is 96.3 Å². The van der Waals surface area contributed by atoms with Gasteiger partial charge in [0.2, 0.25) is 0 Å². The fourth-order valence-electron chi connectivity index (χ4n) is 1.69. The Bertz CT molecular complexity index is 308. The van der Waals surface area contributed by atoms with Crippen LogP contribution in [0.5, 0.6) is 0 Å². The van der Waals surface area contributed by atoms with Gasteiger partial charge in [0.1, 0.15) is 6.04 Å². The molecule has 0 aromatic heterocycles. The molecular weight excluding hydrogens is 270 g/mol. The van der Waals surface area contributed by atoms with Crippen LogP contribution in [0, 0.1) is 0 Å². The number of nitrogens with zero attached hydrogens (tertiary/aromatic N) is 1. The molecule has 0 aromatic rings. The van der Waals surface area contributed by atoms with Gasteiger partial charge in [-0.15, -0.1) is 0 Å². The smallest absolute Gasteiger partial charge is 0.334 e. The number of hydrogen-bond donors (Lipinski definition) is 2. The molecule has 0 heterocycles. The van der Waals surface area contributed by atoms with Crippen LogP contribution in [0.1, 0.15) is 12.8 Å². The lowest BCUT2D eigenvalue weighted by Gasteiger charge is -2.26. The molecule has 0 amide bonds. The van der Waals surface area contributed by atoms with Crippen LogP contribution in [-0.2, 0) is 18.4 Å². The Morgan fingerprint density at radius 1 is 1.26 bits per heavy atom. The fraction of sp³-hybridized carbons (Fsp3) is 0.818. The number of aliphatic carboxylic acids is 2. The maximum absolute atomic E-state index is 11.0. The summed E-state index contributed by atoms with van der Waals surface area (Å²) in [5.41, 5.74) is 0. The molecule has 0 unspecified atom stereocenters. The highest BCUT2D eigenvalue weighted by Gasteiger charge is 2.30. The number of carboxylic acids is 2. The quantitative estimate of drug-likeness (QED) is 0.569. The third-order valence-electron chi connectivity index (χ3n) is 3.19. The van der Waals surface area contributed by atoms with Crippen LogP contribution in [0.4, 0.5) is 0 Å². The van der Waals surface area contributed by atoms with Gasteiger partial charge in [-0.2, -0.15) is 0 Å². The summed E-state index contributed by atoms with van der Waals surface area (Å²) in [5.74, 6) is -2.24. The van der Waals surface area contributed by atoms with Crippen LogP contribution in [0.2, 0.25) is 12.6 Å². The fourth-order valence-corrected chi connectivity index (χ4v) is 3.07. The van der Waals surface area contributed by atoms with E-state index < -0.39 is 33.0 Å². The standard InChI is InChI=1S/C11H23NO6Si/c1-12(9(11(15)16)8-10(13)14)6-5-7-19(4,17-2)18-3/h9H,5-8H2,1-4H3,(H,13,14)(H,15,16)/t9-/m0/s1. The second kappa shape index (κ2) is 8.26. The lowest BCUT2D eigenvalue weighted by molar-refractivity contribution is -0.149. The van der Waals surface area contributed by atoms with Gasteiger partial charge in [-0.1, -0.05) is 0 Å². The van der Waals surface area contributed by atoms with Crippen LogP contribution in [0.3, 0.4) is 0 Å². The Morgan fingerprint density at radius 2 is 1.79 bits per heavy atom. The van der Waals surface area contributed by atoms with E-state index in [4.69, 9.17) is 19.1 Å². The Hall–Kier alpha value is -0.963.